The van der Waals surface area contributed by atoms with Crippen molar-refractivity contribution in [1.29, 1.82) is 10.5 Å². The second kappa shape index (κ2) is 10.6. The summed E-state index contributed by atoms with van der Waals surface area (Å²) in [7, 11) is 0. The average molecular weight is 323 g/mol. The van der Waals surface area contributed by atoms with E-state index in [-0.39, 0.29) is 30.6 Å². The van der Waals surface area contributed by atoms with Crippen molar-refractivity contribution in [2.45, 2.75) is 26.3 Å². The van der Waals surface area contributed by atoms with E-state index in [1.807, 2.05) is 49.1 Å². The van der Waals surface area contributed by atoms with Gasteiger partial charge >= 0.3 is 5.97 Å². The third kappa shape index (κ3) is 7.29. The van der Waals surface area contributed by atoms with Gasteiger partial charge in [0, 0.05) is 6.04 Å². The van der Waals surface area contributed by atoms with Crippen LogP contribution in [0.25, 0.3) is 0 Å². The van der Waals surface area contributed by atoms with Gasteiger partial charge in [-0.15, -0.1) is 0 Å². The number of esters is 1. The standard InChI is InChI=1S/C19H21N3O2/c1-16(2)22(10-6-9-18(14-20)15-21)11-12-24-19(23)13-17-7-4-3-5-8-17/h3-10,16H,11-13H2,1-2H3/b10-6+. The molecule has 0 aliphatic heterocycles. The van der Waals surface area contributed by atoms with Gasteiger partial charge in [-0.25, -0.2) is 0 Å². The van der Waals surface area contributed by atoms with Crippen molar-refractivity contribution >= 4 is 5.97 Å². The second-order valence-electron chi connectivity index (χ2n) is 5.36. The SMILES string of the molecule is CC(C)N(/C=C/C=C(C#N)C#N)CCOC(=O)Cc1ccccc1. The lowest BCUT2D eigenvalue weighted by atomic mass is 10.2. The zero-order chi connectivity index (χ0) is 17.8. The van der Waals surface area contributed by atoms with Crippen LogP contribution in [0.5, 0.6) is 0 Å². The maximum Gasteiger partial charge on any atom is 0.310 e. The van der Waals surface area contributed by atoms with E-state index in [2.05, 4.69) is 0 Å². The predicted octanol–water partition coefficient (Wildman–Crippen LogP) is 2.97. The van der Waals surface area contributed by atoms with Gasteiger partial charge in [-0.1, -0.05) is 30.3 Å². The van der Waals surface area contributed by atoms with E-state index in [0.717, 1.165) is 5.56 Å². The first-order chi connectivity index (χ1) is 11.6. The Kier molecular flexibility index (Phi) is 8.42. The fourth-order valence-corrected chi connectivity index (χ4v) is 1.93. The molecule has 0 atom stereocenters. The molecule has 0 fully saturated rings. The fourth-order valence-electron chi connectivity index (χ4n) is 1.93. The highest BCUT2D eigenvalue weighted by atomic mass is 16.5. The number of hydrogen-bond acceptors (Lipinski definition) is 5. The maximum absolute atomic E-state index is 11.8. The third-order valence-electron chi connectivity index (χ3n) is 3.25. The first kappa shape index (κ1) is 19.0. The molecule has 0 saturated heterocycles. The van der Waals surface area contributed by atoms with E-state index in [9.17, 15) is 4.79 Å². The van der Waals surface area contributed by atoms with E-state index in [4.69, 9.17) is 15.3 Å². The Balaban J connectivity index is 2.45. The predicted molar refractivity (Wildman–Crippen MR) is 91.4 cm³/mol. The molecule has 0 aromatic heterocycles. The summed E-state index contributed by atoms with van der Waals surface area (Å²) in [6.07, 6.45) is 5.14. The Morgan fingerprint density at radius 2 is 1.92 bits per heavy atom. The smallest absolute Gasteiger partial charge is 0.310 e. The van der Waals surface area contributed by atoms with Crippen molar-refractivity contribution in [2.75, 3.05) is 13.2 Å². The van der Waals surface area contributed by atoms with Crippen molar-refractivity contribution in [2.24, 2.45) is 0 Å². The van der Waals surface area contributed by atoms with Crippen molar-refractivity contribution < 1.29 is 9.53 Å². The number of nitrogens with zero attached hydrogens (tertiary/aromatic N) is 3. The van der Waals surface area contributed by atoms with E-state index in [0.29, 0.717) is 6.54 Å². The van der Waals surface area contributed by atoms with E-state index < -0.39 is 0 Å². The number of benzene rings is 1. The maximum atomic E-state index is 11.8. The molecule has 0 saturated carbocycles. The Labute approximate surface area is 143 Å². The number of rotatable bonds is 8. The van der Waals surface area contributed by atoms with Gasteiger partial charge in [0.25, 0.3) is 0 Å². The van der Waals surface area contributed by atoms with E-state index in [1.165, 1.54) is 6.08 Å². The van der Waals surface area contributed by atoms with Crippen LogP contribution >= 0.6 is 0 Å². The fraction of sp³-hybridized carbons (Fsp3) is 0.316. The molecule has 1 aromatic carbocycles. The Bertz CT molecular complexity index is 648. The van der Waals surface area contributed by atoms with Crippen LogP contribution in [0.15, 0.2) is 54.3 Å². The number of carbonyl (C=O) groups excluding carboxylic acids is 1. The summed E-state index contributed by atoms with van der Waals surface area (Å²) in [5, 5.41) is 17.4. The topological polar surface area (TPSA) is 77.1 Å². The molecular formula is C19H21N3O2. The minimum Gasteiger partial charge on any atom is -0.464 e. The van der Waals surface area contributed by atoms with Gasteiger partial charge in [0.1, 0.15) is 24.3 Å². The summed E-state index contributed by atoms with van der Waals surface area (Å²) in [5.74, 6) is -0.259. The van der Waals surface area contributed by atoms with E-state index in [1.54, 1.807) is 24.4 Å². The van der Waals surface area contributed by atoms with Gasteiger partial charge in [-0.05, 0) is 37.8 Å². The van der Waals surface area contributed by atoms with Crippen LogP contribution in [0.1, 0.15) is 19.4 Å². The number of allylic oxidation sites excluding steroid dienone is 3. The Hall–Kier alpha value is -3.05. The molecule has 0 aliphatic rings. The lowest BCUT2D eigenvalue weighted by Crippen LogP contribution is -2.29. The van der Waals surface area contributed by atoms with Crippen LogP contribution in [-0.2, 0) is 16.0 Å². The molecule has 1 rings (SSSR count). The van der Waals surface area contributed by atoms with Gasteiger partial charge in [0.2, 0.25) is 0 Å². The first-order valence-corrected chi connectivity index (χ1v) is 7.70. The second-order valence-corrected chi connectivity index (χ2v) is 5.36. The zero-order valence-electron chi connectivity index (χ0n) is 14.0. The van der Waals surface area contributed by atoms with Crippen LogP contribution in [-0.4, -0.2) is 30.1 Å². The number of ether oxygens (including phenoxy) is 1. The van der Waals surface area contributed by atoms with Crippen LogP contribution in [0, 0.1) is 22.7 Å². The Morgan fingerprint density at radius 3 is 2.50 bits per heavy atom. The molecule has 0 aliphatic carbocycles. The first-order valence-electron chi connectivity index (χ1n) is 7.70. The normalized spacial score (nSPS) is 10.0. The number of hydrogen-bond donors (Lipinski definition) is 0. The van der Waals surface area contributed by atoms with Gasteiger partial charge in [0.15, 0.2) is 0 Å². The average Bonchev–Trinajstić information content (AvgIpc) is 2.57. The molecule has 24 heavy (non-hydrogen) atoms. The van der Waals surface area contributed by atoms with Crippen LogP contribution in [0.3, 0.4) is 0 Å². The van der Waals surface area contributed by atoms with Crippen LogP contribution < -0.4 is 0 Å². The Morgan fingerprint density at radius 1 is 1.25 bits per heavy atom. The molecule has 124 valence electrons. The lowest BCUT2D eigenvalue weighted by molar-refractivity contribution is -0.143. The molecule has 0 bridgehead atoms. The largest absolute Gasteiger partial charge is 0.464 e. The lowest BCUT2D eigenvalue weighted by Gasteiger charge is -2.24. The number of carbonyl (C=O) groups is 1. The highest BCUT2D eigenvalue weighted by Gasteiger charge is 2.07. The summed E-state index contributed by atoms with van der Waals surface area (Å²) in [5.41, 5.74) is 0.970. The molecular weight excluding hydrogens is 302 g/mol. The van der Waals surface area contributed by atoms with Crippen LogP contribution in [0.4, 0.5) is 0 Å². The summed E-state index contributed by atoms with van der Waals surface area (Å²) >= 11 is 0. The third-order valence-corrected chi connectivity index (χ3v) is 3.25. The highest BCUT2D eigenvalue weighted by molar-refractivity contribution is 5.72. The van der Waals surface area contributed by atoms with Crippen LogP contribution in [0.2, 0.25) is 0 Å². The summed E-state index contributed by atoms with van der Waals surface area (Å²) in [6.45, 7) is 4.84. The molecule has 1 aromatic rings. The highest BCUT2D eigenvalue weighted by Crippen LogP contribution is 2.03. The minimum absolute atomic E-state index is 0.0456. The zero-order valence-corrected chi connectivity index (χ0v) is 14.0. The summed E-state index contributed by atoms with van der Waals surface area (Å²) in [6, 6.07) is 13.2. The minimum atomic E-state index is -0.259. The molecule has 0 heterocycles. The van der Waals surface area contributed by atoms with Crippen molar-refractivity contribution in [3.05, 3.63) is 59.8 Å². The quantitative estimate of drug-likeness (QED) is 0.417. The molecule has 5 heteroatoms. The van der Waals surface area contributed by atoms with Crippen molar-refractivity contribution in [1.82, 2.24) is 4.90 Å². The van der Waals surface area contributed by atoms with E-state index >= 15 is 0 Å². The molecule has 0 amide bonds. The van der Waals surface area contributed by atoms with Crippen molar-refractivity contribution in [3.8, 4) is 12.1 Å². The molecule has 0 spiro atoms. The summed E-state index contributed by atoms with van der Waals surface area (Å²) in [4.78, 5) is 13.8. The van der Waals surface area contributed by atoms with Gasteiger partial charge in [-0.2, -0.15) is 10.5 Å². The molecule has 0 N–H and O–H groups in total. The molecule has 0 radical (unpaired) electrons. The van der Waals surface area contributed by atoms with Gasteiger partial charge in [0.05, 0.1) is 13.0 Å². The molecule has 5 nitrogen and oxygen atoms in total. The molecule has 0 unspecified atom stereocenters. The van der Waals surface area contributed by atoms with Crippen molar-refractivity contribution in [3.63, 3.8) is 0 Å². The van der Waals surface area contributed by atoms with Gasteiger partial charge < -0.3 is 9.64 Å². The summed E-state index contributed by atoms with van der Waals surface area (Å²) < 4.78 is 5.26. The number of nitriles is 2. The van der Waals surface area contributed by atoms with Gasteiger partial charge in [-0.3, -0.25) is 4.79 Å². The monoisotopic (exact) mass is 323 g/mol.